The van der Waals surface area contributed by atoms with Crippen LogP contribution >= 0.6 is 0 Å². The Labute approximate surface area is 144 Å². The van der Waals surface area contributed by atoms with Gasteiger partial charge in [-0.1, -0.05) is 12.1 Å². The molecule has 0 aliphatic rings. The van der Waals surface area contributed by atoms with Crippen molar-refractivity contribution in [1.29, 1.82) is 5.26 Å². The molecule has 0 fully saturated rings. The molecule has 1 amide bonds. The van der Waals surface area contributed by atoms with Crippen molar-refractivity contribution in [2.45, 2.75) is 6.54 Å². The van der Waals surface area contributed by atoms with Gasteiger partial charge in [0, 0.05) is 11.9 Å². The molecular weight excluding hydrogens is 316 g/mol. The van der Waals surface area contributed by atoms with Crippen LogP contribution in [-0.4, -0.2) is 20.9 Å². The molecule has 7 heteroatoms. The van der Waals surface area contributed by atoms with Crippen LogP contribution in [0.25, 0.3) is 0 Å². The molecule has 0 bridgehead atoms. The highest BCUT2D eigenvalue weighted by Gasteiger charge is 2.08. The van der Waals surface area contributed by atoms with Crippen LogP contribution in [0.1, 0.15) is 21.7 Å². The van der Waals surface area contributed by atoms with Crippen molar-refractivity contribution in [1.82, 2.24) is 20.3 Å². The topological polar surface area (TPSA) is 104 Å². The van der Waals surface area contributed by atoms with Gasteiger partial charge >= 0.3 is 0 Å². The highest BCUT2D eigenvalue weighted by Crippen LogP contribution is 2.15. The number of carbonyl (C=O) groups is 1. The summed E-state index contributed by atoms with van der Waals surface area (Å²) in [6, 6.07) is 14.6. The number of pyridine rings is 1. The Bertz CT molecular complexity index is 903. The highest BCUT2D eigenvalue weighted by atomic mass is 16.1. The number of hydrogen-bond acceptors (Lipinski definition) is 6. The third-order valence-electron chi connectivity index (χ3n) is 3.30. The summed E-state index contributed by atoms with van der Waals surface area (Å²) in [6.07, 6.45) is 4.53. The van der Waals surface area contributed by atoms with Gasteiger partial charge in [0.1, 0.15) is 11.5 Å². The lowest BCUT2D eigenvalue weighted by molar-refractivity contribution is 0.0945. The molecule has 0 aliphatic carbocycles. The maximum atomic E-state index is 12.1. The molecule has 2 aromatic heterocycles. The van der Waals surface area contributed by atoms with Crippen LogP contribution in [-0.2, 0) is 6.54 Å². The van der Waals surface area contributed by atoms with Crippen molar-refractivity contribution in [2.24, 2.45) is 0 Å². The first-order chi connectivity index (χ1) is 12.2. The second kappa shape index (κ2) is 7.66. The predicted octanol–water partition coefficient (Wildman–Crippen LogP) is 2.42. The summed E-state index contributed by atoms with van der Waals surface area (Å²) in [5, 5.41) is 14.7. The summed E-state index contributed by atoms with van der Waals surface area (Å²) in [5.41, 5.74) is 2.25. The average Bonchev–Trinajstić information content (AvgIpc) is 2.67. The van der Waals surface area contributed by atoms with Crippen LogP contribution in [0, 0.1) is 11.3 Å². The second-order valence-electron chi connectivity index (χ2n) is 5.11. The van der Waals surface area contributed by atoms with Crippen molar-refractivity contribution in [2.75, 3.05) is 5.32 Å². The van der Waals surface area contributed by atoms with Gasteiger partial charge in [-0.3, -0.25) is 9.78 Å². The smallest absolute Gasteiger partial charge is 0.271 e. The van der Waals surface area contributed by atoms with Gasteiger partial charge in [0.25, 0.3) is 5.91 Å². The molecule has 0 radical (unpaired) electrons. The fourth-order valence-corrected chi connectivity index (χ4v) is 2.09. The van der Waals surface area contributed by atoms with Crippen molar-refractivity contribution in [3.63, 3.8) is 0 Å². The lowest BCUT2D eigenvalue weighted by atomic mass is 10.2. The number of benzene rings is 1. The van der Waals surface area contributed by atoms with E-state index in [0.29, 0.717) is 17.9 Å². The monoisotopic (exact) mass is 330 g/mol. The molecule has 0 atom stereocenters. The molecule has 1 aromatic carbocycles. The van der Waals surface area contributed by atoms with E-state index in [1.165, 1.54) is 12.4 Å². The van der Waals surface area contributed by atoms with Gasteiger partial charge < -0.3 is 10.6 Å². The lowest BCUT2D eigenvalue weighted by Crippen LogP contribution is -2.24. The average molecular weight is 330 g/mol. The third-order valence-corrected chi connectivity index (χ3v) is 3.30. The first-order valence-corrected chi connectivity index (χ1v) is 7.52. The number of aromatic nitrogens is 3. The van der Waals surface area contributed by atoms with Crippen LogP contribution < -0.4 is 10.6 Å². The molecule has 25 heavy (non-hydrogen) atoms. The molecule has 0 saturated heterocycles. The van der Waals surface area contributed by atoms with E-state index in [-0.39, 0.29) is 11.6 Å². The Hall–Kier alpha value is -3.79. The number of amides is 1. The number of nitrogens with zero attached hydrogens (tertiary/aromatic N) is 4. The van der Waals surface area contributed by atoms with Crippen molar-refractivity contribution < 1.29 is 4.79 Å². The summed E-state index contributed by atoms with van der Waals surface area (Å²) >= 11 is 0. The Morgan fingerprint density at radius 2 is 2.00 bits per heavy atom. The number of rotatable bonds is 5. The number of carbonyl (C=O) groups excluding carboxylic acids is 1. The molecule has 2 N–H and O–H groups in total. The Kier molecular flexibility index (Phi) is 4.93. The normalized spacial score (nSPS) is 9.88. The summed E-state index contributed by atoms with van der Waals surface area (Å²) < 4.78 is 0. The van der Waals surface area contributed by atoms with Gasteiger partial charge in [0.15, 0.2) is 0 Å². The molecule has 7 nitrogen and oxygen atoms in total. The minimum Gasteiger partial charge on any atom is -0.345 e. The summed E-state index contributed by atoms with van der Waals surface area (Å²) in [4.78, 5) is 24.5. The van der Waals surface area contributed by atoms with Crippen molar-refractivity contribution in [3.05, 3.63) is 78.0 Å². The number of nitriles is 1. The van der Waals surface area contributed by atoms with Crippen LogP contribution in [0.15, 0.2) is 61.1 Å². The first kappa shape index (κ1) is 16.1. The highest BCUT2D eigenvalue weighted by molar-refractivity contribution is 5.91. The van der Waals surface area contributed by atoms with E-state index in [2.05, 4.69) is 31.7 Å². The molecule has 0 unspecified atom stereocenters. The number of anilines is 2. The maximum Gasteiger partial charge on any atom is 0.271 e. The van der Waals surface area contributed by atoms with E-state index in [1.807, 2.05) is 24.3 Å². The van der Waals surface area contributed by atoms with Gasteiger partial charge in [-0.05, 0) is 30.3 Å². The zero-order chi connectivity index (χ0) is 17.5. The lowest BCUT2D eigenvalue weighted by Gasteiger charge is -2.07. The predicted molar refractivity (Wildman–Crippen MR) is 91.9 cm³/mol. The summed E-state index contributed by atoms with van der Waals surface area (Å²) in [6.45, 7) is 0.322. The van der Waals surface area contributed by atoms with Crippen LogP contribution in [0.4, 0.5) is 11.5 Å². The molecule has 0 saturated carbocycles. The van der Waals surface area contributed by atoms with E-state index in [0.717, 1.165) is 11.4 Å². The van der Waals surface area contributed by atoms with E-state index < -0.39 is 0 Å². The maximum absolute atomic E-state index is 12.1. The van der Waals surface area contributed by atoms with Gasteiger partial charge in [0.05, 0.1) is 36.3 Å². The minimum atomic E-state index is -0.323. The molecule has 3 aromatic rings. The van der Waals surface area contributed by atoms with E-state index in [1.54, 1.807) is 24.4 Å². The molecule has 122 valence electrons. The zero-order valence-electron chi connectivity index (χ0n) is 13.2. The van der Waals surface area contributed by atoms with Crippen LogP contribution in [0.5, 0.6) is 0 Å². The number of hydrogen-bond donors (Lipinski definition) is 2. The van der Waals surface area contributed by atoms with Crippen molar-refractivity contribution in [3.8, 4) is 6.07 Å². The van der Waals surface area contributed by atoms with E-state index >= 15 is 0 Å². The molecule has 0 aliphatic heterocycles. The molecular formula is C18H14N6O. The zero-order valence-corrected chi connectivity index (χ0v) is 13.2. The molecule has 2 heterocycles. The number of nitrogens with one attached hydrogen (secondary N) is 2. The minimum absolute atomic E-state index is 0.215. The fraction of sp³-hybridized carbons (Fsp3) is 0.0556. The van der Waals surface area contributed by atoms with E-state index in [4.69, 9.17) is 5.26 Å². The Morgan fingerprint density at radius 3 is 2.72 bits per heavy atom. The second-order valence-corrected chi connectivity index (χ2v) is 5.11. The van der Waals surface area contributed by atoms with Crippen molar-refractivity contribution >= 4 is 17.4 Å². The fourth-order valence-electron chi connectivity index (χ4n) is 2.09. The summed E-state index contributed by atoms with van der Waals surface area (Å²) in [5.74, 6) is 0.160. The van der Waals surface area contributed by atoms with Gasteiger partial charge in [-0.15, -0.1) is 0 Å². The van der Waals surface area contributed by atoms with Gasteiger partial charge in [0.2, 0.25) is 0 Å². The van der Waals surface area contributed by atoms with E-state index in [9.17, 15) is 4.79 Å². The first-order valence-electron chi connectivity index (χ1n) is 7.52. The van der Waals surface area contributed by atoms with Gasteiger partial charge in [-0.2, -0.15) is 5.26 Å². The largest absolute Gasteiger partial charge is 0.345 e. The third kappa shape index (κ3) is 4.36. The quantitative estimate of drug-likeness (QED) is 0.744. The Balaban J connectivity index is 1.61. The van der Waals surface area contributed by atoms with Gasteiger partial charge in [-0.25, -0.2) is 9.97 Å². The SMILES string of the molecule is N#Cc1cccc(Nc2cnc(C(=O)NCc3ccccn3)cn2)c1. The summed E-state index contributed by atoms with van der Waals surface area (Å²) in [7, 11) is 0. The van der Waals surface area contributed by atoms with Crippen LogP contribution in [0.2, 0.25) is 0 Å². The van der Waals surface area contributed by atoms with Crippen LogP contribution in [0.3, 0.4) is 0 Å². The molecule has 0 spiro atoms. The standard InChI is InChI=1S/C18H14N6O/c19-9-13-4-3-6-14(8-13)24-17-12-21-16(11-22-17)18(25)23-10-15-5-1-2-7-20-15/h1-8,11-12H,10H2,(H,22,24)(H,23,25). The Morgan fingerprint density at radius 1 is 1.08 bits per heavy atom. The molecule has 3 rings (SSSR count).